The Labute approximate surface area is 78.9 Å². The molecule has 4 nitrogen and oxygen atoms in total. The van der Waals surface area contributed by atoms with E-state index in [2.05, 4.69) is 5.10 Å². The highest BCUT2D eigenvalue weighted by Gasteiger charge is 1.95. The fourth-order valence-electron chi connectivity index (χ4n) is 0.562. The van der Waals surface area contributed by atoms with Crippen molar-refractivity contribution in [2.24, 2.45) is 5.10 Å². The van der Waals surface area contributed by atoms with Gasteiger partial charge in [0.25, 0.3) is 0 Å². The van der Waals surface area contributed by atoms with Crippen molar-refractivity contribution >= 4 is 12.6 Å². The first-order valence-corrected chi connectivity index (χ1v) is 4.12. The number of amides is 1. The summed E-state index contributed by atoms with van der Waals surface area (Å²) in [4.78, 5) is 10.4. The Bertz CT molecular complexity index is 200. The average Bonchev–Trinajstić information content (AvgIpc) is 2.17. The molecule has 0 aromatic rings. The molecule has 0 unspecified atom stereocenters. The van der Waals surface area contributed by atoms with Crippen LogP contribution in [-0.2, 0) is 9.53 Å². The number of hydrazone groups is 1. The first-order valence-electron chi connectivity index (χ1n) is 4.12. The van der Waals surface area contributed by atoms with E-state index in [1.54, 1.807) is 13.3 Å². The van der Waals surface area contributed by atoms with Gasteiger partial charge in [-0.15, -0.1) is 0 Å². The van der Waals surface area contributed by atoms with Gasteiger partial charge >= 0.3 is 0 Å². The summed E-state index contributed by atoms with van der Waals surface area (Å²) in [5.41, 5.74) is 1.02. The van der Waals surface area contributed by atoms with Crippen molar-refractivity contribution in [2.45, 2.75) is 13.8 Å². The molecule has 0 spiro atoms. The van der Waals surface area contributed by atoms with Crippen molar-refractivity contribution in [3.05, 3.63) is 11.6 Å². The summed E-state index contributed by atoms with van der Waals surface area (Å²) in [5, 5.41) is 5.24. The number of methoxy groups -OCH3 is 1. The molecule has 0 atom stereocenters. The van der Waals surface area contributed by atoms with E-state index in [1.807, 2.05) is 19.9 Å². The second-order valence-electron chi connectivity index (χ2n) is 2.54. The Hall–Kier alpha value is -1.16. The van der Waals surface area contributed by atoms with Crippen molar-refractivity contribution in [2.75, 3.05) is 20.3 Å². The summed E-state index contributed by atoms with van der Waals surface area (Å²) in [6.07, 6.45) is 4.24. The van der Waals surface area contributed by atoms with Crippen LogP contribution in [0.15, 0.2) is 16.8 Å². The minimum absolute atomic E-state index is 0.480. The largest absolute Gasteiger partial charge is 0.383 e. The molecule has 0 saturated carbocycles. The summed E-state index contributed by atoms with van der Waals surface area (Å²) in [6, 6.07) is 0. The number of carbonyl (C=O) groups excluding carboxylic acids is 1. The summed E-state index contributed by atoms with van der Waals surface area (Å²) in [6.45, 7) is 4.81. The molecule has 0 saturated heterocycles. The summed E-state index contributed by atoms with van der Waals surface area (Å²) in [7, 11) is 1.59. The summed E-state index contributed by atoms with van der Waals surface area (Å²) in [5.74, 6) is 0. The van der Waals surface area contributed by atoms with Gasteiger partial charge in [-0.05, 0) is 19.4 Å². The summed E-state index contributed by atoms with van der Waals surface area (Å²) >= 11 is 0. The number of hydrogen-bond acceptors (Lipinski definition) is 3. The maximum atomic E-state index is 10.4. The number of ether oxygens (including phenoxy) is 1. The van der Waals surface area contributed by atoms with E-state index in [4.69, 9.17) is 4.74 Å². The monoisotopic (exact) mass is 184 g/mol. The minimum Gasteiger partial charge on any atom is -0.383 e. The maximum absolute atomic E-state index is 10.4. The van der Waals surface area contributed by atoms with E-state index in [0.29, 0.717) is 19.6 Å². The number of nitrogens with zero attached hydrogens (tertiary/aromatic N) is 2. The quantitative estimate of drug-likeness (QED) is 0.351. The van der Waals surface area contributed by atoms with Crippen LogP contribution in [0.3, 0.4) is 0 Å². The van der Waals surface area contributed by atoms with Gasteiger partial charge in [0, 0.05) is 7.11 Å². The highest BCUT2D eigenvalue weighted by Crippen LogP contribution is 1.89. The van der Waals surface area contributed by atoms with Crippen molar-refractivity contribution in [1.82, 2.24) is 5.01 Å². The third-order valence-corrected chi connectivity index (χ3v) is 1.51. The van der Waals surface area contributed by atoms with E-state index < -0.39 is 0 Å². The van der Waals surface area contributed by atoms with Crippen molar-refractivity contribution in [3.8, 4) is 0 Å². The Morgan fingerprint density at radius 2 is 2.31 bits per heavy atom. The number of hydrogen-bond donors (Lipinski definition) is 0. The average molecular weight is 184 g/mol. The predicted molar refractivity (Wildman–Crippen MR) is 52.6 cm³/mol. The Morgan fingerprint density at radius 3 is 2.77 bits per heavy atom. The fraction of sp³-hybridized carbons (Fsp3) is 0.556. The van der Waals surface area contributed by atoms with Crippen LogP contribution in [0.2, 0.25) is 0 Å². The lowest BCUT2D eigenvalue weighted by Crippen LogP contribution is -2.20. The number of rotatable bonds is 6. The van der Waals surface area contributed by atoms with Crippen LogP contribution in [-0.4, -0.2) is 37.9 Å². The molecule has 0 aliphatic carbocycles. The van der Waals surface area contributed by atoms with Crippen LogP contribution < -0.4 is 0 Å². The molecule has 0 bridgehead atoms. The lowest BCUT2D eigenvalue weighted by Gasteiger charge is -2.09. The predicted octanol–water partition coefficient (Wildman–Crippen LogP) is 1.04. The van der Waals surface area contributed by atoms with Gasteiger partial charge in [-0.25, -0.2) is 5.01 Å². The van der Waals surface area contributed by atoms with Gasteiger partial charge in [-0.2, -0.15) is 5.10 Å². The smallest absolute Gasteiger partial charge is 0.229 e. The number of carbonyl (C=O) groups is 1. The van der Waals surface area contributed by atoms with Crippen molar-refractivity contribution in [3.63, 3.8) is 0 Å². The minimum atomic E-state index is 0.480. The second kappa shape index (κ2) is 7.49. The topological polar surface area (TPSA) is 41.9 Å². The van der Waals surface area contributed by atoms with E-state index in [0.717, 1.165) is 5.57 Å². The van der Waals surface area contributed by atoms with Crippen molar-refractivity contribution < 1.29 is 9.53 Å². The van der Waals surface area contributed by atoms with Gasteiger partial charge in [0.05, 0.1) is 19.4 Å². The lowest BCUT2D eigenvalue weighted by atomic mass is 10.3. The molecule has 0 aliphatic rings. The molecule has 0 heterocycles. The molecule has 0 rings (SSSR count). The molecule has 13 heavy (non-hydrogen) atoms. The molecule has 1 amide bonds. The lowest BCUT2D eigenvalue weighted by molar-refractivity contribution is -0.118. The molecule has 0 N–H and O–H groups in total. The number of allylic oxidation sites excluding steroid dienone is 2. The Kier molecular flexibility index (Phi) is 6.82. The van der Waals surface area contributed by atoms with Crippen LogP contribution >= 0.6 is 0 Å². The van der Waals surface area contributed by atoms with E-state index in [-0.39, 0.29) is 0 Å². The van der Waals surface area contributed by atoms with Gasteiger partial charge in [0.1, 0.15) is 0 Å². The SMILES string of the molecule is C/C=C(C)\C=N/N(C=O)CCOC. The van der Waals surface area contributed by atoms with Gasteiger partial charge < -0.3 is 4.74 Å². The molecule has 0 aromatic heterocycles. The zero-order chi connectivity index (χ0) is 10.1. The van der Waals surface area contributed by atoms with Crippen LogP contribution in [0.1, 0.15) is 13.8 Å². The highest BCUT2D eigenvalue weighted by atomic mass is 16.5. The van der Waals surface area contributed by atoms with Crippen LogP contribution in [0, 0.1) is 0 Å². The molecular formula is C9H16N2O2. The zero-order valence-corrected chi connectivity index (χ0v) is 8.36. The normalized spacial score (nSPS) is 12.1. The Balaban J connectivity index is 3.96. The molecular weight excluding hydrogens is 168 g/mol. The zero-order valence-electron chi connectivity index (χ0n) is 8.36. The van der Waals surface area contributed by atoms with Gasteiger partial charge in [-0.3, -0.25) is 4.79 Å². The van der Waals surface area contributed by atoms with Crippen LogP contribution in [0.25, 0.3) is 0 Å². The highest BCUT2D eigenvalue weighted by molar-refractivity contribution is 5.77. The van der Waals surface area contributed by atoms with Crippen LogP contribution in [0.5, 0.6) is 0 Å². The van der Waals surface area contributed by atoms with Crippen LogP contribution in [0.4, 0.5) is 0 Å². The van der Waals surface area contributed by atoms with Gasteiger partial charge in [0.15, 0.2) is 0 Å². The third-order valence-electron chi connectivity index (χ3n) is 1.51. The first kappa shape index (κ1) is 11.8. The molecule has 0 fully saturated rings. The molecule has 0 aromatic carbocycles. The standard InChI is InChI=1S/C9H16N2O2/c1-4-9(2)7-10-11(8-12)5-6-13-3/h4,7-8H,5-6H2,1-3H3/b9-4-,10-7-. The van der Waals surface area contributed by atoms with Crippen molar-refractivity contribution in [1.29, 1.82) is 0 Å². The maximum Gasteiger partial charge on any atom is 0.229 e. The van der Waals surface area contributed by atoms with E-state index >= 15 is 0 Å². The molecule has 0 radical (unpaired) electrons. The Morgan fingerprint density at radius 1 is 1.62 bits per heavy atom. The third kappa shape index (κ3) is 6.04. The summed E-state index contributed by atoms with van der Waals surface area (Å²) < 4.78 is 4.82. The van der Waals surface area contributed by atoms with E-state index in [9.17, 15) is 4.79 Å². The van der Waals surface area contributed by atoms with E-state index in [1.165, 1.54) is 5.01 Å². The molecule has 74 valence electrons. The van der Waals surface area contributed by atoms with Gasteiger partial charge in [0.2, 0.25) is 6.41 Å². The fourth-order valence-corrected chi connectivity index (χ4v) is 0.562. The van der Waals surface area contributed by atoms with Gasteiger partial charge in [-0.1, -0.05) is 6.08 Å². The molecule has 0 aliphatic heterocycles. The first-order chi connectivity index (χ1) is 6.24. The molecule has 4 heteroatoms. The second-order valence-corrected chi connectivity index (χ2v) is 2.54.